The lowest BCUT2D eigenvalue weighted by Crippen LogP contribution is -2.29. The van der Waals surface area contributed by atoms with Crippen molar-refractivity contribution in [1.82, 2.24) is 9.29 Å². The number of pyridine rings is 1. The van der Waals surface area contributed by atoms with Crippen LogP contribution in [0.15, 0.2) is 18.2 Å². The molecule has 0 aliphatic rings. The van der Waals surface area contributed by atoms with Gasteiger partial charge in [0.15, 0.2) is 0 Å². The lowest BCUT2D eigenvalue weighted by Gasteiger charge is -2.16. The molecule has 0 radical (unpaired) electrons. The molecular formula is C11H18N2O3S. The fraction of sp³-hybridized carbons (Fsp3) is 0.545. The third-order valence-corrected chi connectivity index (χ3v) is 4.25. The summed E-state index contributed by atoms with van der Waals surface area (Å²) in [4.78, 5) is 4.25. The maximum Gasteiger partial charge on any atom is 0.214 e. The zero-order valence-electron chi connectivity index (χ0n) is 10.1. The number of sulfonamides is 1. The number of hydrogen-bond donors (Lipinski definition) is 1. The molecule has 5 nitrogen and oxygen atoms in total. The molecular weight excluding hydrogens is 240 g/mol. The minimum absolute atomic E-state index is 0.0359. The van der Waals surface area contributed by atoms with E-state index in [1.165, 1.54) is 11.4 Å². The van der Waals surface area contributed by atoms with Crippen LogP contribution in [-0.4, -0.2) is 42.2 Å². The molecule has 0 bridgehead atoms. The summed E-state index contributed by atoms with van der Waals surface area (Å²) < 4.78 is 24.8. The SMILES string of the molecule is Cc1cccc(CN(C)S(=O)(=O)CCCO)n1. The molecule has 0 fully saturated rings. The minimum atomic E-state index is -3.30. The Balaban J connectivity index is 2.68. The van der Waals surface area contributed by atoms with Gasteiger partial charge in [-0.1, -0.05) is 6.07 Å². The fourth-order valence-corrected chi connectivity index (χ4v) is 2.55. The van der Waals surface area contributed by atoms with Crippen LogP contribution in [0.4, 0.5) is 0 Å². The monoisotopic (exact) mass is 258 g/mol. The molecule has 96 valence electrons. The Morgan fingerprint density at radius 1 is 1.41 bits per heavy atom. The molecule has 1 N–H and O–H groups in total. The molecule has 0 amide bonds. The largest absolute Gasteiger partial charge is 0.396 e. The second-order valence-electron chi connectivity index (χ2n) is 3.92. The molecule has 0 saturated heterocycles. The van der Waals surface area contributed by atoms with Crippen LogP contribution in [0.25, 0.3) is 0 Å². The van der Waals surface area contributed by atoms with Gasteiger partial charge in [-0.15, -0.1) is 0 Å². The van der Waals surface area contributed by atoms with Gasteiger partial charge >= 0.3 is 0 Å². The first-order valence-electron chi connectivity index (χ1n) is 5.43. The van der Waals surface area contributed by atoms with Gasteiger partial charge in [0.05, 0.1) is 18.0 Å². The normalized spacial score (nSPS) is 12.0. The number of nitrogens with zero attached hydrogens (tertiary/aromatic N) is 2. The van der Waals surface area contributed by atoms with Crippen LogP contribution in [0.5, 0.6) is 0 Å². The molecule has 0 aliphatic heterocycles. The number of aliphatic hydroxyl groups is 1. The summed E-state index contributed by atoms with van der Waals surface area (Å²) in [6, 6.07) is 5.51. The van der Waals surface area contributed by atoms with Crippen molar-refractivity contribution in [2.24, 2.45) is 0 Å². The van der Waals surface area contributed by atoms with Crippen LogP contribution in [0.2, 0.25) is 0 Å². The van der Waals surface area contributed by atoms with E-state index in [9.17, 15) is 8.42 Å². The lowest BCUT2D eigenvalue weighted by atomic mass is 10.3. The van der Waals surface area contributed by atoms with Crippen LogP contribution >= 0.6 is 0 Å². The molecule has 0 spiro atoms. The Labute approximate surface area is 102 Å². The van der Waals surface area contributed by atoms with Gasteiger partial charge in [0, 0.05) is 19.3 Å². The van der Waals surface area contributed by atoms with Crippen molar-refractivity contribution >= 4 is 10.0 Å². The fourth-order valence-electron chi connectivity index (χ4n) is 1.42. The molecule has 0 unspecified atom stereocenters. The molecule has 17 heavy (non-hydrogen) atoms. The first kappa shape index (κ1) is 14.1. The number of hydrogen-bond acceptors (Lipinski definition) is 4. The number of aliphatic hydroxyl groups excluding tert-OH is 1. The van der Waals surface area contributed by atoms with Gasteiger partial charge in [0.2, 0.25) is 10.0 Å². The summed E-state index contributed by atoms with van der Waals surface area (Å²) in [7, 11) is -1.78. The van der Waals surface area contributed by atoms with Gasteiger partial charge in [0.1, 0.15) is 0 Å². The van der Waals surface area contributed by atoms with Gasteiger partial charge < -0.3 is 5.11 Å². The second kappa shape index (κ2) is 6.09. The van der Waals surface area contributed by atoms with Crippen molar-refractivity contribution in [2.45, 2.75) is 19.9 Å². The van der Waals surface area contributed by atoms with E-state index in [1.54, 1.807) is 6.07 Å². The minimum Gasteiger partial charge on any atom is -0.396 e. The van der Waals surface area contributed by atoms with E-state index in [2.05, 4.69) is 4.98 Å². The molecule has 0 aliphatic carbocycles. The molecule has 1 heterocycles. The Hall–Kier alpha value is -0.980. The maximum absolute atomic E-state index is 11.8. The predicted octanol–water partition coefficient (Wildman–Crippen LogP) is 0.534. The topological polar surface area (TPSA) is 70.5 Å². The Morgan fingerprint density at radius 3 is 2.71 bits per heavy atom. The van der Waals surface area contributed by atoms with Gasteiger partial charge in [-0.25, -0.2) is 8.42 Å². The Morgan fingerprint density at radius 2 is 2.12 bits per heavy atom. The van der Waals surface area contributed by atoms with E-state index in [1.807, 2.05) is 19.1 Å². The summed E-state index contributed by atoms with van der Waals surface area (Å²) in [5.41, 5.74) is 1.59. The van der Waals surface area contributed by atoms with Crippen LogP contribution in [-0.2, 0) is 16.6 Å². The van der Waals surface area contributed by atoms with E-state index in [0.717, 1.165) is 11.4 Å². The van der Waals surface area contributed by atoms with E-state index in [4.69, 9.17) is 5.11 Å². The summed E-state index contributed by atoms with van der Waals surface area (Å²) >= 11 is 0. The summed E-state index contributed by atoms with van der Waals surface area (Å²) in [5, 5.41) is 8.64. The van der Waals surface area contributed by atoms with Crippen molar-refractivity contribution in [1.29, 1.82) is 0 Å². The first-order valence-corrected chi connectivity index (χ1v) is 7.04. The Kier molecular flexibility index (Phi) is 5.04. The molecule has 1 aromatic heterocycles. The molecule has 1 rings (SSSR count). The first-order chi connectivity index (χ1) is 7.95. The number of rotatable bonds is 6. The standard InChI is InChI=1S/C11H18N2O3S/c1-10-5-3-6-11(12-10)9-13(2)17(15,16)8-4-7-14/h3,5-6,14H,4,7-9H2,1-2H3. The van der Waals surface area contributed by atoms with Crippen LogP contribution in [0.3, 0.4) is 0 Å². The highest BCUT2D eigenvalue weighted by molar-refractivity contribution is 7.89. The number of aromatic nitrogens is 1. The zero-order valence-corrected chi connectivity index (χ0v) is 10.9. The quantitative estimate of drug-likeness (QED) is 0.808. The van der Waals surface area contributed by atoms with Gasteiger partial charge in [-0.2, -0.15) is 4.31 Å². The van der Waals surface area contributed by atoms with Gasteiger partial charge in [-0.05, 0) is 25.5 Å². The molecule has 0 saturated carbocycles. The van der Waals surface area contributed by atoms with E-state index >= 15 is 0 Å². The lowest BCUT2D eigenvalue weighted by molar-refractivity contribution is 0.294. The van der Waals surface area contributed by atoms with Gasteiger partial charge in [0.25, 0.3) is 0 Å². The van der Waals surface area contributed by atoms with Crippen LogP contribution < -0.4 is 0 Å². The Bertz CT molecular complexity index is 460. The molecule has 1 aromatic rings. The predicted molar refractivity (Wildman–Crippen MR) is 65.9 cm³/mol. The summed E-state index contributed by atoms with van der Waals surface area (Å²) in [6.07, 6.45) is 0.258. The summed E-state index contributed by atoms with van der Waals surface area (Å²) in [6.45, 7) is 2.01. The number of aryl methyl sites for hydroxylation is 1. The molecule has 6 heteroatoms. The van der Waals surface area contributed by atoms with E-state index in [0.29, 0.717) is 0 Å². The maximum atomic E-state index is 11.8. The highest BCUT2D eigenvalue weighted by Gasteiger charge is 2.17. The smallest absolute Gasteiger partial charge is 0.214 e. The average Bonchev–Trinajstić information content (AvgIpc) is 2.26. The molecule has 0 aromatic carbocycles. The third-order valence-electron chi connectivity index (χ3n) is 2.37. The summed E-state index contributed by atoms with van der Waals surface area (Å²) in [5.74, 6) is -0.0359. The highest BCUT2D eigenvalue weighted by atomic mass is 32.2. The van der Waals surface area contributed by atoms with Crippen molar-refractivity contribution < 1.29 is 13.5 Å². The van der Waals surface area contributed by atoms with Crippen LogP contribution in [0.1, 0.15) is 17.8 Å². The average molecular weight is 258 g/mol. The van der Waals surface area contributed by atoms with Crippen molar-refractivity contribution in [3.05, 3.63) is 29.6 Å². The second-order valence-corrected chi connectivity index (χ2v) is 6.11. The highest BCUT2D eigenvalue weighted by Crippen LogP contribution is 2.07. The van der Waals surface area contributed by atoms with Gasteiger partial charge in [-0.3, -0.25) is 4.98 Å². The van der Waals surface area contributed by atoms with E-state index < -0.39 is 10.0 Å². The van der Waals surface area contributed by atoms with E-state index in [-0.39, 0.29) is 25.3 Å². The van der Waals surface area contributed by atoms with Crippen molar-refractivity contribution in [2.75, 3.05) is 19.4 Å². The van der Waals surface area contributed by atoms with Crippen LogP contribution in [0, 0.1) is 6.92 Å². The van der Waals surface area contributed by atoms with Crippen molar-refractivity contribution in [3.63, 3.8) is 0 Å². The van der Waals surface area contributed by atoms with Crippen molar-refractivity contribution in [3.8, 4) is 0 Å². The zero-order chi connectivity index (χ0) is 12.9. The third kappa shape index (κ3) is 4.41. The molecule has 0 atom stereocenters.